The summed E-state index contributed by atoms with van der Waals surface area (Å²) in [5, 5.41) is 16.7. The van der Waals surface area contributed by atoms with Crippen LogP contribution in [0.4, 0.5) is 4.79 Å². The molecule has 0 aliphatic heterocycles. The van der Waals surface area contributed by atoms with Crippen molar-refractivity contribution >= 4 is 104 Å². The molecule has 28 valence electrons. The van der Waals surface area contributed by atoms with Gasteiger partial charge in [-0.15, -0.1) is 0 Å². The average molecular weight is 337 g/mol. The summed E-state index contributed by atoms with van der Waals surface area (Å²) >= 11 is 0. The van der Waals surface area contributed by atoms with Crippen LogP contribution in [0.3, 0.4) is 0 Å². The minimum atomic E-state index is -2.33. The van der Waals surface area contributed by atoms with E-state index in [1.54, 1.807) is 0 Å². The van der Waals surface area contributed by atoms with Crippen LogP contribution in [0.25, 0.3) is 0 Å². The van der Waals surface area contributed by atoms with Crippen LogP contribution in [-0.2, 0) is 0 Å². The predicted molar refractivity (Wildman–Crippen MR) is 19.7 cm³/mol. The van der Waals surface area contributed by atoms with Crippen LogP contribution in [-0.4, -0.2) is 104 Å². The second-order valence-corrected chi connectivity index (χ2v) is 0.250. The van der Waals surface area contributed by atoms with Crippen LogP contribution in [0, 0.1) is 0 Å². The zero-order valence-electron chi connectivity index (χ0n) is 2.43. The molecule has 0 spiro atoms. The van der Waals surface area contributed by atoms with Crippen molar-refractivity contribution in [3.05, 3.63) is 0 Å². The van der Waals surface area contributed by atoms with E-state index in [1.807, 2.05) is 0 Å². The first-order chi connectivity index (χ1) is 1.73. The molecule has 0 aromatic rings. The number of hydrogen-bond acceptors (Lipinski definition) is 3. The van der Waals surface area contributed by atoms with Crippen LogP contribution in [0.1, 0.15) is 0 Å². The Hall–Kier alpha value is 2.41. The number of carbonyl (C=O) groups excluding carboxylic acids is 1. The van der Waals surface area contributed by atoms with Gasteiger partial charge in [-0.3, -0.25) is 0 Å². The van der Waals surface area contributed by atoms with Crippen LogP contribution in [0.2, 0.25) is 0 Å². The van der Waals surface area contributed by atoms with Crippen molar-refractivity contribution in [3.63, 3.8) is 0 Å². The van der Waals surface area contributed by atoms with E-state index >= 15 is 0 Å². The van der Waals surface area contributed by atoms with E-state index in [0.29, 0.717) is 0 Å². The van der Waals surface area contributed by atoms with Crippen molar-refractivity contribution in [2.24, 2.45) is 0 Å². The molecule has 0 bridgehead atoms. The molecule has 0 fully saturated rings. The summed E-state index contributed by atoms with van der Waals surface area (Å²) in [5.74, 6) is 0. The van der Waals surface area contributed by atoms with Crippen molar-refractivity contribution in [1.82, 2.24) is 0 Å². The fourth-order valence-electron chi connectivity index (χ4n) is 0. The van der Waals surface area contributed by atoms with Gasteiger partial charge >= 0.3 is 97.8 Å². The third-order valence-corrected chi connectivity index (χ3v) is 0. The summed E-state index contributed by atoms with van der Waals surface area (Å²) in [6.07, 6.45) is -2.33. The Morgan fingerprint density at radius 1 is 1.33 bits per heavy atom. The number of carbonyl (C=O) groups is 1. The average Bonchev–Trinajstić information content (AvgIpc) is 0.811. The molecule has 6 heavy (non-hydrogen) atoms. The summed E-state index contributed by atoms with van der Waals surface area (Å²) in [7, 11) is 0. The van der Waals surface area contributed by atoms with E-state index in [2.05, 4.69) is 0 Å². The summed E-state index contributed by atoms with van der Waals surface area (Å²) in [5.41, 5.74) is 0. The number of rotatable bonds is 0. The molecule has 0 atom stereocenters. The molecule has 0 heterocycles. The van der Waals surface area contributed by atoms with E-state index in [0.717, 1.165) is 0 Å². The quantitative estimate of drug-likeness (QED) is 0.427. The second kappa shape index (κ2) is 10.4. The van der Waals surface area contributed by atoms with Crippen molar-refractivity contribution < 1.29 is 15.0 Å². The molecule has 0 radical (unpaired) electrons. The zero-order chi connectivity index (χ0) is 3.58. The normalized spacial score (nSPS) is 4.00. The maximum absolute atomic E-state index is 8.33. The summed E-state index contributed by atoms with van der Waals surface area (Å²) in [4.78, 5) is 8.33. The first-order valence-electron chi connectivity index (χ1n) is 0.612. The third kappa shape index (κ3) is 32.3. The van der Waals surface area contributed by atoms with Gasteiger partial charge in [-0.2, -0.15) is 0 Å². The van der Waals surface area contributed by atoms with Gasteiger partial charge in [0, 0.05) is 0 Å². The molecule has 0 unspecified atom stereocenters. The van der Waals surface area contributed by atoms with E-state index in [9.17, 15) is 0 Å². The van der Waals surface area contributed by atoms with E-state index in [-0.39, 0.29) is 97.8 Å². The van der Waals surface area contributed by atoms with Gasteiger partial charge in [-0.25, -0.2) is 0 Å². The molecule has 3 nitrogen and oxygen atoms in total. The molecule has 0 saturated heterocycles. The molecule has 0 rings (SSSR count). The van der Waals surface area contributed by atoms with Gasteiger partial charge in [0.25, 0.3) is 0 Å². The molecule has 5 heteroatoms. The van der Waals surface area contributed by atoms with Gasteiger partial charge < -0.3 is 15.0 Å². The van der Waals surface area contributed by atoms with Crippen molar-refractivity contribution in [3.8, 4) is 0 Å². The van der Waals surface area contributed by atoms with Crippen LogP contribution < -0.4 is 10.2 Å². The second-order valence-electron chi connectivity index (χ2n) is 0.250. The maximum atomic E-state index is 8.33. The summed E-state index contributed by atoms with van der Waals surface area (Å²) < 4.78 is 0. The van der Waals surface area contributed by atoms with Crippen LogP contribution >= 0.6 is 0 Å². The molecule has 0 aromatic heterocycles. The van der Waals surface area contributed by atoms with Gasteiger partial charge in [0.2, 0.25) is 0 Å². The minimum absolute atomic E-state index is 0. The topological polar surface area (TPSA) is 63.2 Å². The Labute approximate surface area is 116 Å². The third-order valence-electron chi connectivity index (χ3n) is 0. The van der Waals surface area contributed by atoms with Gasteiger partial charge in [-0.1, -0.05) is 0 Å². The van der Waals surface area contributed by atoms with Crippen molar-refractivity contribution in [1.29, 1.82) is 0 Å². The molecule has 0 amide bonds. The predicted octanol–water partition coefficient (Wildman–Crippen LogP) is -3.74. The molecule has 0 aromatic carbocycles. The Morgan fingerprint density at radius 3 is 1.33 bits per heavy atom. The van der Waals surface area contributed by atoms with E-state index in [4.69, 9.17) is 15.0 Å². The number of carboxylic acid groups (broad SMARTS) is 2. The van der Waals surface area contributed by atoms with Crippen LogP contribution in [0.15, 0.2) is 0 Å². The Morgan fingerprint density at radius 2 is 1.33 bits per heavy atom. The van der Waals surface area contributed by atoms with Gasteiger partial charge in [0.1, 0.15) is 0 Å². The van der Waals surface area contributed by atoms with Crippen LogP contribution in [0.5, 0.6) is 0 Å². The van der Waals surface area contributed by atoms with Gasteiger partial charge in [0.15, 0.2) is 0 Å². The fraction of sp³-hybridized carbons (Fsp3) is 0. The zero-order valence-corrected chi connectivity index (χ0v) is 6.87. The number of hydrogen-bond donors (Lipinski definition) is 0. The van der Waals surface area contributed by atoms with Gasteiger partial charge in [0.05, 0.1) is 0 Å². The van der Waals surface area contributed by atoms with Gasteiger partial charge in [-0.05, 0) is 6.16 Å². The SMILES string of the molecule is O=C([O-])[O-].[Ba+2].[BaH2]. The Balaban J connectivity index is -0.0000000450. The van der Waals surface area contributed by atoms with Crippen molar-refractivity contribution in [2.75, 3.05) is 0 Å². The molecule has 0 aliphatic carbocycles. The molecule has 0 aliphatic rings. The summed E-state index contributed by atoms with van der Waals surface area (Å²) in [6.45, 7) is 0. The molecular formula is CH2Ba2O3. The Kier molecular flexibility index (Phi) is 27.4. The standard InChI is InChI=1S/CH2O3.2Ba.2H/c2-1(3)4;;;;/h(H2,2,3,4);;;;/q;;+2;;/p-2. The molecule has 0 saturated carbocycles. The Bertz CT molecular complexity index is 31.8. The van der Waals surface area contributed by atoms with E-state index < -0.39 is 6.16 Å². The molecule has 0 N–H and O–H groups in total. The first-order valence-corrected chi connectivity index (χ1v) is 0.612. The summed E-state index contributed by atoms with van der Waals surface area (Å²) in [6, 6.07) is 0. The van der Waals surface area contributed by atoms with E-state index in [1.165, 1.54) is 0 Å². The molecular weight excluding hydrogens is 335 g/mol. The monoisotopic (exact) mass is 338 g/mol. The first kappa shape index (κ1) is 15.8. The fourth-order valence-corrected chi connectivity index (χ4v) is 0. The van der Waals surface area contributed by atoms with Crippen molar-refractivity contribution in [2.45, 2.75) is 0 Å².